The monoisotopic (exact) mass is 327 g/mol. The first-order chi connectivity index (χ1) is 8.79. The van der Waals surface area contributed by atoms with Crippen molar-refractivity contribution in [3.05, 3.63) is 34.1 Å². The Labute approximate surface area is 122 Å². The van der Waals surface area contributed by atoms with Crippen molar-refractivity contribution in [3.8, 4) is 0 Å². The van der Waals surface area contributed by atoms with E-state index in [9.17, 15) is 9.18 Å². The molecule has 0 spiro atoms. The molecule has 0 aromatic heterocycles. The van der Waals surface area contributed by atoms with Crippen LogP contribution in [0.1, 0.15) is 37.6 Å². The molecule has 19 heavy (non-hydrogen) atoms. The molecule has 1 aliphatic rings. The number of rotatable bonds is 1. The summed E-state index contributed by atoms with van der Waals surface area (Å²) in [7, 11) is 0. The molecular formula is C15H19BrFNO. The van der Waals surface area contributed by atoms with Gasteiger partial charge in [-0.2, -0.15) is 0 Å². The Morgan fingerprint density at radius 1 is 1.42 bits per heavy atom. The summed E-state index contributed by atoms with van der Waals surface area (Å²) in [5.41, 5.74) is 0.342. The van der Waals surface area contributed by atoms with Gasteiger partial charge in [0.25, 0.3) is 5.91 Å². The van der Waals surface area contributed by atoms with Crippen LogP contribution in [-0.2, 0) is 0 Å². The zero-order valence-electron chi connectivity index (χ0n) is 11.5. The first kappa shape index (κ1) is 14.5. The van der Waals surface area contributed by atoms with Gasteiger partial charge in [-0.15, -0.1) is 0 Å². The van der Waals surface area contributed by atoms with Gasteiger partial charge in [0.2, 0.25) is 0 Å². The van der Waals surface area contributed by atoms with Gasteiger partial charge in [-0.05, 0) is 36.0 Å². The van der Waals surface area contributed by atoms with E-state index in [1.165, 1.54) is 6.07 Å². The number of benzene rings is 1. The molecule has 1 heterocycles. The fraction of sp³-hybridized carbons (Fsp3) is 0.533. The number of hydrogen-bond donors (Lipinski definition) is 0. The molecule has 0 aliphatic carbocycles. The highest BCUT2D eigenvalue weighted by Crippen LogP contribution is 2.34. The van der Waals surface area contributed by atoms with Crippen molar-refractivity contribution in [3.63, 3.8) is 0 Å². The highest BCUT2D eigenvalue weighted by Gasteiger charge is 2.34. The molecule has 1 aromatic carbocycles. The van der Waals surface area contributed by atoms with E-state index in [0.717, 1.165) is 10.9 Å². The summed E-state index contributed by atoms with van der Waals surface area (Å²) in [6, 6.07) is 4.49. The standard InChI is InChI=1S/C15H19BrFNO/c1-15(2,3)10-6-7-18(9-10)14(19)12-8-11(16)4-5-13(12)17/h4-5,8,10H,6-7,9H2,1-3H3. The number of halogens is 2. The lowest BCUT2D eigenvalue weighted by Crippen LogP contribution is -2.31. The summed E-state index contributed by atoms with van der Waals surface area (Å²) in [6.45, 7) is 7.99. The summed E-state index contributed by atoms with van der Waals surface area (Å²) in [6.07, 6.45) is 0.991. The third-order valence-electron chi connectivity index (χ3n) is 3.86. The van der Waals surface area contributed by atoms with Crippen LogP contribution in [0.5, 0.6) is 0 Å². The molecule has 1 unspecified atom stereocenters. The van der Waals surface area contributed by atoms with Crippen LogP contribution in [0.25, 0.3) is 0 Å². The maximum atomic E-state index is 13.7. The molecule has 2 nitrogen and oxygen atoms in total. The largest absolute Gasteiger partial charge is 0.338 e. The maximum absolute atomic E-state index is 13.7. The third-order valence-corrected chi connectivity index (χ3v) is 4.35. The smallest absolute Gasteiger partial charge is 0.256 e. The molecule has 0 N–H and O–H groups in total. The van der Waals surface area contributed by atoms with E-state index in [1.54, 1.807) is 17.0 Å². The molecule has 2 rings (SSSR count). The fourth-order valence-corrected chi connectivity index (χ4v) is 2.84. The lowest BCUT2D eigenvalue weighted by Gasteiger charge is -2.27. The Hall–Kier alpha value is -0.900. The third kappa shape index (κ3) is 3.16. The molecule has 104 valence electrons. The molecule has 1 aromatic rings. The Morgan fingerprint density at radius 3 is 2.68 bits per heavy atom. The molecule has 1 amide bonds. The molecule has 0 bridgehead atoms. The summed E-state index contributed by atoms with van der Waals surface area (Å²) in [4.78, 5) is 14.1. The lowest BCUT2D eigenvalue weighted by atomic mass is 9.80. The number of carbonyl (C=O) groups excluding carboxylic acids is 1. The van der Waals surface area contributed by atoms with Gasteiger partial charge in [0.15, 0.2) is 0 Å². The highest BCUT2D eigenvalue weighted by molar-refractivity contribution is 9.10. The van der Waals surface area contributed by atoms with Crippen LogP contribution >= 0.6 is 15.9 Å². The van der Waals surface area contributed by atoms with Crippen LogP contribution in [0.4, 0.5) is 4.39 Å². The Bertz CT molecular complexity index is 495. The van der Waals surface area contributed by atoms with Gasteiger partial charge in [-0.25, -0.2) is 4.39 Å². The van der Waals surface area contributed by atoms with E-state index >= 15 is 0 Å². The predicted molar refractivity (Wildman–Crippen MR) is 77.6 cm³/mol. The fourth-order valence-electron chi connectivity index (χ4n) is 2.48. The number of likely N-dealkylation sites (tertiary alicyclic amines) is 1. The van der Waals surface area contributed by atoms with Crippen molar-refractivity contribution < 1.29 is 9.18 Å². The second kappa shape index (κ2) is 5.23. The second-order valence-corrected chi connectivity index (χ2v) is 7.14. The van der Waals surface area contributed by atoms with Gasteiger partial charge in [-0.1, -0.05) is 36.7 Å². The van der Waals surface area contributed by atoms with E-state index in [4.69, 9.17) is 0 Å². The minimum atomic E-state index is -0.451. The zero-order chi connectivity index (χ0) is 14.2. The topological polar surface area (TPSA) is 20.3 Å². The minimum Gasteiger partial charge on any atom is -0.338 e. The molecule has 1 saturated heterocycles. The molecule has 1 aliphatic heterocycles. The van der Waals surface area contributed by atoms with Crippen molar-refractivity contribution in [1.29, 1.82) is 0 Å². The van der Waals surface area contributed by atoms with Gasteiger partial charge in [0, 0.05) is 17.6 Å². The van der Waals surface area contributed by atoms with Crippen molar-refractivity contribution in [2.24, 2.45) is 11.3 Å². The van der Waals surface area contributed by atoms with Crippen molar-refractivity contribution >= 4 is 21.8 Å². The van der Waals surface area contributed by atoms with Crippen molar-refractivity contribution in [2.45, 2.75) is 27.2 Å². The zero-order valence-corrected chi connectivity index (χ0v) is 13.1. The van der Waals surface area contributed by atoms with E-state index in [2.05, 4.69) is 36.7 Å². The normalized spacial score (nSPS) is 19.8. The van der Waals surface area contributed by atoms with Gasteiger partial charge in [-0.3, -0.25) is 4.79 Å². The summed E-state index contributed by atoms with van der Waals surface area (Å²) in [5, 5.41) is 0. The molecular weight excluding hydrogens is 309 g/mol. The van der Waals surface area contributed by atoms with Crippen molar-refractivity contribution in [2.75, 3.05) is 13.1 Å². The van der Waals surface area contributed by atoms with Crippen LogP contribution in [0, 0.1) is 17.2 Å². The summed E-state index contributed by atoms with van der Waals surface area (Å²) in [5.74, 6) is -0.176. The minimum absolute atomic E-state index is 0.156. The van der Waals surface area contributed by atoms with Crippen LogP contribution in [-0.4, -0.2) is 23.9 Å². The van der Waals surface area contributed by atoms with E-state index in [0.29, 0.717) is 19.0 Å². The van der Waals surface area contributed by atoms with Crippen LogP contribution in [0.15, 0.2) is 22.7 Å². The number of nitrogens with zero attached hydrogens (tertiary/aromatic N) is 1. The predicted octanol–water partition coefficient (Wildman–Crippen LogP) is 4.10. The first-order valence-corrected chi connectivity index (χ1v) is 7.32. The quantitative estimate of drug-likeness (QED) is 0.760. The van der Waals surface area contributed by atoms with Crippen LogP contribution < -0.4 is 0 Å². The highest BCUT2D eigenvalue weighted by atomic mass is 79.9. The van der Waals surface area contributed by atoms with Gasteiger partial charge >= 0.3 is 0 Å². The lowest BCUT2D eigenvalue weighted by molar-refractivity contribution is 0.0772. The van der Waals surface area contributed by atoms with Crippen LogP contribution in [0.3, 0.4) is 0 Å². The van der Waals surface area contributed by atoms with Gasteiger partial charge in [0.1, 0.15) is 5.82 Å². The Kier molecular flexibility index (Phi) is 4.00. The van der Waals surface area contributed by atoms with Gasteiger partial charge < -0.3 is 4.90 Å². The van der Waals surface area contributed by atoms with Crippen molar-refractivity contribution in [1.82, 2.24) is 4.90 Å². The maximum Gasteiger partial charge on any atom is 0.256 e. The Morgan fingerprint density at radius 2 is 2.11 bits per heavy atom. The summed E-state index contributed by atoms with van der Waals surface area (Å²) >= 11 is 3.28. The SMILES string of the molecule is CC(C)(C)C1CCN(C(=O)c2cc(Br)ccc2F)C1. The number of hydrogen-bond acceptors (Lipinski definition) is 1. The van der Waals surface area contributed by atoms with Crippen LogP contribution in [0.2, 0.25) is 0 Å². The molecule has 0 radical (unpaired) electrons. The summed E-state index contributed by atoms with van der Waals surface area (Å²) < 4.78 is 14.5. The molecule has 4 heteroatoms. The average molecular weight is 328 g/mol. The average Bonchev–Trinajstić information content (AvgIpc) is 2.80. The van der Waals surface area contributed by atoms with E-state index in [1.807, 2.05) is 0 Å². The number of carbonyl (C=O) groups is 1. The molecule has 1 fully saturated rings. The Balaban J connectivity index is 2.16. The number of amides is 1. The molecule has 1 atom stereocenters. The molecule has 0 saturated carbocycles. The van der Waals surface area contributed by atoms with E-state index < -0.39 is 5.82 Å². The van der Waals surface area contributed by atoms with Gasteiger partial charge in [0.05, 0.1) is 5.56 Å². The second-order valence-electron chi connectivity index (χ2n) is 6.23. The van der Waals surface area contributed by atoms with E-state index in [-0.39, 0.29) is 16.9 Å². The first-order valence-electron chi connectivity index (χ1n) is 6.53.